The maximum absolute atomic E-state index is 5.38. The summed E-state index contributed by atoms with van der Waals surface area (Å²) in [4.78, 5) is 5.36. The van der Waals surface area contributed by atoms with Crippen LogP contribution in [-0.4, -0.2) is 61.3 Å². The second-order valence-electron chi connectivity index (χ2n) is 6.23. The molecule has 0 amide bonds. The van der Waals surface area contributed by atoms with Crippen molar-refractivity contribution in [1.82, 2.24) is 9.80 Å². The van der Waals surface area contributed by atoms with Gasteiger partial charge < -0.3 is 4.74 Å². The fourth-order valence-corrected chi connectivity index (χ4v) is 3.37. The zero-order valence-electron chi connectivity index (χ0n) is 11.7. The Hall–Kier alpha value is -0.120. The topological polar surface area (TPSA) is 15.7 Å². The Labute approximate surface area is 106 Å². The van der Waals surface area contributed by atoms with Crippen molar-refractivity contribution in [2.75, 3.05) is 39.9 Å². The van der Waals surface area contributed by atoms with Crippen molar-refractivity contribution in [2.45, 2.75) is 51.1 Å². The smallest absolute Gasteiger partial charge is 0.0641 e. The van der Waals surface area contributed by atoms with E-state index >= 15 is 0 Å². The van der Waals surface area contributed by atoms with Crippen molar-refractivity contribution < 1.29 is 4.74 Å². The summed E-state index contributed by atoms with van der Waals surface area (Å²) in [6, 6.07) is 0.794. The van der Waals surface area contributed by atoms with Gasteiger partial charge in [-0.25, -0.2) is 0 Å². The lowest BCUT2D eigenvalue weighted by atomic mass is 9.99. The molecule has 2 aliphatic rings. The van der Waals surface area contributed by atoms with Gasteiger partial charge in [-0.2, -0.15) is 0 Å². The number of ether oxygens (including phenoxy) is 1. The number of hydrogen-bond donors (Lipinski definition) is 0. The summed E-state index contributed by atoms with van der Waals surface area (Å²) in [6.07, 6.45) is 5.51. The van der Waals surface area contributed by atoms with Crippen LogP contribution in [0.5, 0.6) is 0 Å². The number of fused-ring (bicyclic) bond motifs is 1. The Morgan fingerprint density at radius 2 is 1.88 bits per heavy atom. The maximum Gasteiger partial charge on any atom is 0.0641 e. The SMILES string of the molecule is COCC(C)(C)N1CCCN2CCCCC2C1. The Morgan fingerprint density at radius 3 is 2.65 bits per heavy atom. The molecule has 1 atom stereocenters. The molecule has 0 spiro atoms. The molecule has 1 unspecified atom stereocenters. The van der Waals surface area contributed by atoms with Crippen LogP contribution in [0, 0.1) is 0 Å². The van der Waals surface area contributed by atoms with E-state index in [0.29, 0.717) is 0 Å². The van der Waals surface area contributed by atoms with E-state index in [9.17, 15) is 0 Å². The van der Waals surface area contributed by atoms with Gasteiger partial charge in [0.25, 0.3) is 0 Å². The van der Waals surface area contributed by atoms with E-state index in [1.807, 2.05) is 7.11 Å². The van der Waals surface area contributed by atoms with E-state index in [1.54, 1.807) is 0 Å². The number of hydrogen-bond acceptors (Lipinski definition) is 3. The van der Waals surface area contributed by atoms with Crippen molar-refractivity contribution in [3.05, 3.63) is 0 Å². The summed E-state index contributed by atoms with van der Waals surface area (Å²) in [5.74, 6) is 0. The monoisotopic (exact) mass is 240 g/mol. The quantitative estimate of drug-likeness (QED) is 0.750. The highest BCUT2D eigenvalue weighted by atomic mass is 16.5. The zero-order valence-corrected chi connectivity index (χ0v) is 11.7. The van der Waals surface area contributed by atoms with E-state index < -0.39 is 0 Å². The molecule has 100 valence electrons. The highest BCUT2D eigenvalue weighted by Gasteiger charge is 2.33. The zero-order chi connectivity index (χ0) is 12.3. The van der Waals surface area contributed by atoms with Crippen molar-refractivity contribution in [2.24, 2.45) is 0 Å². The molecule has 0 aliphatic carbocycles. The third-order valence-corrected chi connectivity index (χ3v) is 4.41. The summed E-state index contributed by atoms with van der Waals surface area (Å²) >= 11 is 0. The summed E-state index contributed by atoms with van der Waals surface area (Å²) < 4.78 is 5.38. The standard InChI is InChI=1S/C14H28N2O/c1-14(2,12-17-3)16-10-6-9-15-8-5-4-7-13(15)11-16/h13H,4-12H2,1-3H3. The van der Waals surface area contributed by atoms with Gasteiger partial charge in [0.15, 0.2) is 0 Å². The van der Waals surface area contributed by atoms with E-state index in [0.717, 1.165) is 12.6 Å². The number of piperidine rings is 1. The molecule has 0 N–H and O–H groups in total. The van der Waals surface area contributed by atoms with Crippen molar-refractivity contribution in [1.29, 1.82) is 0 Å². The molecule has 2 aliphatic heterocycles. The lowest BCUT2D eigenvalue weighted by Gasteiger charge is -2.41. The van der Waals surface area contributed by atoms with Gasteiger partial charge in [-0.05, 0) is 46.2 Å². The summed E-state index contributed by atoms with van der Waals surface area (Å²) in [6.45, 7) is 10.5. The molecule has 0 aromatic rings. The van der Waals surface area contributed by atoms with Gasteiger partial charge in [-0.3, -0.25) is 9.80 Å². The first-order valence-electron chi connectivity index (χ1n) is 7.11. The van der Waals surface area contributed by atoms with Gasteiger partial charge in [0, 0.05) is 31.8 Å². The fraction of sp³-hybridized carbons (Fsp3) is 1.00. The first kappa shape index (κ1) is 13.3. The number of rotatable bonds is 3. The number of methoxy groups -OCH3 is 1. The van der Waals surface area contributed by atoms with Crippen molar-refractivity contribution in [3.8, 4) is 0 Å². The lowest BCUT2D eigenvalue weighted by Crippen LogP contribution is -2.52. The van der Waals surface area contributed by atoms with Crippen molar-refractivity contribution in [3.63, 3.8) is 0 Å². The Balaban J connectivity index is 2.00. The molecular weight excluding hydrogens is 212 g/mol. The van der Waals surface area contributed by atoms with Crippen molar-refractivity contribution >= 4 is 0 Å². The first-order chi connectivity index (χ1) is 8.13. The molecule has 0 saturated carbocycles. The van der Waals surface area contributed by atoms with E-state index in [1.165, 1.54) is 51.9 Å². The second-order valence-corrected chi connectivity index (χ2v) is 6.23. The summed E-state index contributed by atoms with van der Waals surface area (Å²) in [5.41, 5.74) is 0.183. The van der Waals surface area contributed by atoms with Crippen LogP contribution in [0.2, 0.25) is 0 Å². The van der Waals surface area contributed by atoms with E-state index in [-0.39, 0.29) is 5.54 Å². The molecule has 0 bridgehead atoms. The molecule has 0 radical (unpaired) electrons. The molecule has 2 rings (SSSR count). The minimum absolute atomic E-state index is 0.183. The molecule has 3 nitrogen and oxygen atoms in total. The minimum Gasteiger partial charge on any atom is -0.383 e. The van der Waals surface area contributed by atoms with Gasteiger partial charge in [0.05, 0.1) is 6.61 Å². The second kappa shape index (κ2) is 5.68. The van der Waals surface area contributed by atoms with Crippen LogP contribution in [0.3, 0.4) is 0 Å². The Morgan fingerprint density at radius 1 is 1.12 bits per heavy atom. The predicted octanol–water partition coefficient (Wildman–Crippen LogP) is 1.97. The lowest BCUT2D eigenvalue weighted by molar-refractivity contribution is 0.0230. The third-order valence-electron chi connectivity index (χ3n) is 4.41. The first-order valence-corrected chi connectivity index (χ1v) is 7.11. The van der Waals surface area contributed by atoms with Gasteiger partial charge in [0.1, 0.15) is 0 Å². The highest BCUT2D eigenvalue weighted by Crippen LogP contribution is 2.25. The maximum atomic E-state index is 5.38. The average molecular weight is 240 g/mol. The average Bonchev–Trinajstić information content (AvgIpc) is 2.51. The van der Waals surface area contributed by atoms with Crippen LogP contribution in [0.4, 0.5) is 0 Å². The summed E-state index contributed by atoms with van der Waals surface area (Å²) in [5, 5.41) is 0. The molecule has 2 heterocycles. The predicted molar refractivity (Wildman–Crippen MR) is 71.4 cm³/mol. The Bertz CT molecular complexity index is 242. The van der Waals surface area contributed by atoms with Crippen LogP contribution < -0.4 is 0 Å². The van der Waals surface area contributed by atoms with Gasteiger partial charge >= 0.3 is 0 Å². The third kappa shape index (κ3) is 3.21. The molecule has 2 fully saturated rings. The summed E-state index contributed by atoms with van der Waals surface area (Å²) in [7, 11) is 1.81. The molecule has 3 heteroatoms. The highest BCUT2D eigenvalue weighted by molar-refractivity contribution is 4.89. The van der Waals surface area contributed by atoms with Crippen LogP contribution in [0.15, 0.2) is 0 Å². The minimum atomic E-state index is 0.183. The van der Waals surface area contributed by atoms with E-state index in [4.69, 9.17) is 4.74 Å². The Kier molecular flexibility index (Phi) is 4.45. The van der Waals surface area contributed by atoms with Crippen LogP contribution in [0.1, 0.15) is 39.5 Å². The molecule has 0 aromatic heterocycles. The van der Waals surface area contributed by atoms with Crippen LogP contribution >= 0.6 is 0 Å². The largest absolute Gasteiger partial charge is 0.383 e. The molecule has 17 heavy (non-hydrogen) atoms. The molecule has 2 saturated heterocycles. The van der Waals surface area contributed by atoms with Crippen LogP contribution in [-0.2, 0) is 4.74 Å². The molecule has 0 aromatic carbocycles. The van der Waals surface area contributed by atoms with E-state index in [2.05, 4.69) is 23.6 Å². The molecular formula is C14H28N2O. The normalized spacial score (nSPS) is 28.8. The van der Waals surface area contributed by atoms with Crippen LogP contribution in [0.25, 0.3) is 0 Å². The van der Waals surface area contributed by atoms with Gasteiger partial charge in [-0.1, -0.05) is 6.42 Å². The van der Waals surface area contributed by atoms with Gasteiger partial charge in [0.2, 0.25) is 0 Å². The van der Waals surface area contributed by atoms with Gasteiger partial charge in [-0.15, -0.1) is 0 Å². The number of nitrogens with zero attached hydrogens (tertiary/aromatic N) is 2. The fourth-order valence-electron chi connectivity index (χ4n) is 3.37.